The molecule has 34 heavy (non-hydrogen) atoms. The fourth-order valence-electron chi connectivity index (χ4n) is 3.55. The van der Waals surface area contributed by atoms with Crippen LogP contribution in [0, 0.1) is 19.7 Å². The average molecular weight is 492 g/mol. The summed E-state index contributed by atoms with van der Waals surface area (Å²) in [4.78, 5) is 27.7. The maximum absolute atomic E-state index is 13.5. The Kier molecular flexibility index (Phi) is 8.47. The van der Waals surface area contributed by atoms with E-state index in [0.717, 1.165) is 21.7 Å². The van der Waals surface area contributed by atoms with E-state index < -0.39 is 39.9 Å². The van der Waals surface area contributed by atoms with Crippen molar-refractivity contribution in [3.8, 4) is 0 Å². The Balaban J connectivity index is 2.43. The Labute approximate surface area is 202 Å². The lowest BCUT2D eigenvalue weighted by Gasteiger charge is -2.33. The summed E-state index contributed by atoms with van der Waals surface area (Å²) >= 11 is 0. The Morgan fingerprint density at radius 1 is 1.03 bits per heavy atom. The summed E-state index contributed by atoms with van der Waals surface area (Å²) in [7, 11) is -3.80. The van der Waals surface area contributed by atoms with Crippen LogP contribution in [0.1, 0.15) is 44.4 Å². The van der Waals surface area contributed by atoms with Crippen LogP contribution in [0.3, 0.4) is 0 Å². The molecule has 0 bridgehead atoms. The van der Waals surface area contributed by atoms with E-state index in [1.807, 2.05) is 40.7 Å². The third-order valence-electron chi connectivity index (χ3n) is 5.11. The molecule has 9 heteroatoms. The van der Waals surface area contributed by atoms with Crippen molar-refractivity contribution < 1.29 is 22.4 Å². The summed E-state index contributed by atoms with van der Waals surface area (Å²) in [6.45, 7) is 10.3. The van der Waals surface area contributed by atoms with Crippen molar-refractivity contribution in [3.63, 3.8) is 0 Å². The number of carbonyl (C=O) groups is 2. The average Bonchev–Trinajstić information content (AvgIpc) is 2.68. The summed E-state index contributed by atoms with van der Waals surface area (Å²) in [5, 5.41) is 2.85. The van der Waals surface area contributed by atoms with Gasteiger partial charge in [0, 0.05) is 12.1 Å². The van der Waals surface area contributed by atoms with Gasteiger partial charge in [-0.2, -0.15) is 0 Å². The second-order valence-electron chi connectivity index (χ2n) is 9.68. The van der Waals surface area contributed by atoms with Crippen LogP contribution in [0.5, 0.6) is 0 Å². The minimum Gasteiger partial charge on any atom is -0.350 e. The SMILES string of the molecule is Cc1cc(C)cc(N(CC(=O)N(Cc2ccc(F)cc2)[C@@H](C)C(=O)NC(C)(C)C)S(C)(=O)=O)c1. The largest absolute Gasteiger partial charge is 0.350 e. The van der Waals surface area contributed by atoms with E-state index in [4.69, 9.17) is 0 Å². The molecule has 0 aliphatic carbocycles. The van der Waals surface area contributed by atoms with Crippen LogP contribution in [0.25, 0.3) is 0 Å². The van der Waals surface area contributed by atoms with Crippen molar-refractivity contribution in [1.29, 1.82) is 0 Å². The normalized spacial score (nSPS) is 12.7. The van der Waals surface area contributed by atoms with Crippen LogP contribution in [0.2, 0.25) is 0 Å². The fraction of sp³-hybridized carbons (Fsp3) is 0.440. The second-order valence-corrected chi connectivity index (χ2v) is 11.6. The molecule has 0 aliphatic rings. The minimum absolute atomic E-state index is 0.0162. The third kappa shape index (κ3) is 7.83. The molecule has 0 spiro atoms. The molecule has 0 unspecified atom stereocenters. The molecule has 1 N–H and O–H groups in total. The lowest BCUT2D eigenvalue weighted by molar-refractivity contribution is -0.140. The van der Waals surface area contributed by atoms with Gasteiger partial charge in [0.1, 0.15) is 18.4 Å². The highest BCUT2D eigenvalue weighted by atomic mass is 32.2. The first-order chi connectivity index (χ1) is 15.6. The number of benzene rings is 2. The standard InChI is InChI=1S/C25H34FN3O4S/c1-17-12-18(2)14-22(13-17)29(34(7,32)33)16-23(30)28(15-20-8-10-21(26)11-9-20)19(3)24(31)27-25(4,5)6/h8-14,19H,15-16H2,1-7H3,(H,27,31)/t19-/m0/s1. The summed E-state index contributed by atoms with van der Waals surface area (Å²) < 4.78 is 39.7. The Hall–Kier alpha value is -2.94. The van der Waals surface area contributed by atoms with Gasteiger partial charge in [-0.25, -0.2) is 12.8 Å². The van der Waals surface area contributed by atoms with E-state index in [1.54, 1.807) is 19.1 Å². The van der Waals surface area contributed by atoms with Gasteiger partial charge < -0.3 is 10.2 Å². The summed E-state index contributed by atoms with van der Waals surface area (Å²) in [5.74, 6) is -1.34. The number of halogens is 1. The predicted molar refractivity (Wildman–Crippen MR) is 132 cm³/mol. The molecule has 2 amide bonds. The molecule has 0 saturated carbocycles. The predicted octanol–water partition coefficient (Wildman–Crippen LogP) is 3.54. The molecule has 7 nitrogen and oxygen atoms in total. The first-order valence-electron chi connectivity index (χ1n) is 11.0. The molecule has 2 aromatic rings. The van der Waals surface area contributed by atoms with Crippen LogP contribution in [0.4, 0.5) is 10.1 Å². The Bertz CT molecular complexity index is 1120. The molecule has 0 aromatic heterocycles. The van der Waals surface area contributed by atoms with Gasteiger partial charge in [-0.05, 0) is 82.5 Å². The number of nitrogens with one attached hydrogen (secondary N) is 1. The van der Waals surface area contributed by atoms with Gasteiger partial charge >= 0.3 is 0 Å². The molecule has 2 rings (SSSR count). The van der Waals surface area contributed by atoms with Crippen molar-refractivity contribution in [2.24, 2.45) is 0 Å². The van der Waals surface area contributed by atoms with E-state index in [2.05, 4.69) is 5.32 Å². The highest BCUT2D eigenvalue weighted by molar-refractivity contribution is 7.92. The van der Waals surface area contributed by atoms with Gasteiger partial charge in [0.05, 0.1) is 11.9 Å². The van der Waals surface area contributed by atoms with Crippen LogP contribution >= 0.6 is 0 Å². The number of nitrogens with zero attached hydrogens (tertiary/aromatic N) is 2. The van der Waals surface area contributed by atoms with Crippen LogP contribution in [-0.2, 0) is 26.2 Å². The molecule has 2 aromatic carbocycles. The number of aryl methyl sites for hydroxylation is 2. The zero-order chi connectivity index (χ0) is 25.8. The van der Waals surface area contributed by atoms with E-state index in [9.17, 15) is 22.4 Å². The quantitative estimate of drug-likeness (QED) is 0.612. The molecule has 0 fully saturated rings. The third-order valence-corrected chi connectivity index (χ3v) is 6.25. The number of amides is 2. The van der Waals surface area contributed by atoms with E-state index in [1.165, 1.54) is 29.2 Å². The van der Waals surface area contributed by atoms with Crippen molar-refractivity contribution in [3.05, 3.63) is 65.0 Å². The lowest BCUT2D eigenvalue weighted by Crippen LogP contribution is -2.54. The highest BCUT2D eigenvalue weighted by Gasteiger charge is 2.31. The van der Waals surface area contributed by atoms with Gasteiger partial charge in [-0.3, -0.25) is 13.9 Å². The highest BCUT2D eigenvalue weighted by Crippen LogP contribution is 2.22. The number of hydrogen-bond acceptors (Lipinski definition) is 4. The zero-order valence-corrected chi connectivity index (χ0v) is 21.7. The number of sulfonamides is 1. The molecule has 1 atom stereocenters. The maximum atomic E-state index is 13.5. The Morgan fingerprint density at radius 2 is 1.56 bits per heavy atom. The number of hydrogen-bond donors (Lipinski definition) is 1. The topological polar surface area (TPSA) is 86.8 Å². The van der Waals surface area contributed by atoms with Gasteiger partial charge in [0.25, 0.3) is 0 Å². The van der Waals surface area contributed by atoms with Crippen molar-refractivity contribution in [2.75, 3.05) is 17.1 Å². The maximum Gasteiger partial charge on any atom is 0.244 e. The van der Waals surface area contributed by atoms with Crippen LogP contribution in [0.15, 0.2) is 42.5 Å². The summed E-state index contributed by atoms with van der Waals surface area (Å²) in [6.07, 6.45) is 1.04. The first kappa shape index (κ1) is 27.3. The lowest BCUT2D eigenvalue weighted by atomic mass is 10.1. The van der Waals surface area contributed by atoms with E-state index >= 15 is 0 Å². The smallest absolute Gasteiger partial charge is 0.244 e. The molecule has 0 radical (unpaired) electrons. The monoisotopic (exact) mass is 491 g/mol. The van der Waals surface area contributed by atoms with Crippen molar-refractivity contribution >= 4 is 27.5 Å². The van der Waals surface area contributed by atoms with Crippen molar-refractivity contribution in [1.82, 2.24) is 10.2 Å². The Morgan fingerprint density at radius 3 is 2.03 bits per heavy atom. The van der Waals surface area contributed by atoms with Gasteiger partial charge in [-0.1, -0.05) is 18.2 Å². The first-order valence-corrected chi connectivity index (χ1v) is 12.8. The van der Waals surface area contributed by atoms with E-state index in [-0.39, 0.29) is 12.5 Å². The summed E-state index contributed by atoms with van der Waals surface area (Å²) in [5.41, 5.74) is 2.19. The summed E-state index contributed by atoms with van der Waals surface area (Å²) in [6, 6.07) is 10.0. The van der Waals surface area contributed by atoms with Crippen molar-refractivity contribution in [2.45, 2.75) is 59.7 Å². The molecular weight excluding hydrogens is 457 g/mol. The molecule has 0 heterocycles. The molecule has 186 valence electrons. The number of anilines is 1. The van der Waals surface area contributed by atoms with Crippen LogP contribution in [-0.4, -0.2) is 49.5 Å². The van der Waals surface area contributed by atoms with Gasteiger partial charge in [0.15, 0.2) is 0 Å². The molecule has 0 saturated heterocycles. The minimum atomic E-state index is -3.80. The van der Waals surface area contributed by atoms with E-state index in [0.29, 0.717) is 11.3 Å². The second kappa shape index (κ2) is 10.5. The van der Waals surface area contributed by atoms with Crippen LogP contribution < -0.4 is 9.62 Å². The van der Waals surface area contributed by atoms with Gasteiger partial charge in [-0.15, -0.1) is 0 Å². The molecule has 0 aliphatic heterocycles. The van der Waals surface area contributed by atoms with Gasteiger partial charge in [0.2, 0.25) is 21.8 Å². The zero-order valence-electron chi connectivity index (χ0n) is 20.8. The number of rotatable bonds is 8. The number of carbonyl (C=O) groups excluding carboxylic acids is 2. The molecular formula is C25H34FN3O4S. The fourth-order valence-corrected chi connectivity index (χ4v) is 4.38.